The van der Waals surface area contributed by atoms with Crippen LogP contribution in [-0.4, -0.2) is 30.7 Å². The molecule has 0 fully saturated rings. The van der Waals surface area contributed by atoms with E-state index < -0.39 is 16.1 Å². The summed E-state index contributed by atoms with van der Waals surface area (Å²) in [4.78, 5) is 8.43. The van der Waals surface area contributed by atoms with Gasteiger partial charge in [0.25, 0.3) is 0 Å². The van der Waals surface area contributed by atoms with E-state index in [-0.39, 0.29) is 16.7 Å². The van der Waals surface area contributed by atoms with Crippen LogP contribution < -0.4 is 9.46 Å². The van der Waals surface area contributed by atoms with Gasteiger partial charge in [0.2, 0.25) is 21.7 Å². The van der Waals surface area contributed by atoms with E-state index in [9.17, 15) is 8.42 Å². The standard InChI is InChI=1S/C18H20N4O4S/c1-12(2)16(18-20-17(21-26-18)13-8-10-19-11-9-13)22-27(23,24)15-6-4-14(25-3)5-7-15/h4-12,16,22H,1-3H3/t16-/m1/s1. The van der Waals surface area contributed by atoms with Crippen LogP contribution in [0.25, 0.3) is 11.4 Å². The molecule has 0 saturated carbocycles. The van der Waals surface area contributed by atoms with E-state index in [1.54, 1.807) is 36.7 Å². The van der Waals surface area contributed by atoms with Gasteiger partial charge in [-0.25, -0.2) is 8.42 Å². The first-order chi connectivity index (χ1) is 12.9. The molecule has 0 aliphatic carbocycles. The third-order valence-electron chi connectivity index (χ3n) is 3.96. The minimum absolute atomic E-state index is 0.108. The van der Waals surface area contributed by atoms with Gasteiger partial charge >= 0.3 is 0 Å². The molecule has 2 aromatic heterocycles. The molecule has 0 bridgehead atoms. The first-order valence-corrected chi connectivity index (χ1v) is 9.79. The smallest absolute Gasteiger partial charge is 0.245 e. The van der Waals surface area contributed by atoms with Crippen LogP contribution in [0.3, 0.4) is 0 Å². The number of nitrogens with zero attached hydrogens (tertiary/aromatic N) is 3. The summed E-state index contributed by atoms with van der Waals surface area (Å²) in [5.41, 5.74) is 0.737. The molecule has 9 heteroatoms. The Hall–Kier alpha value is -2.78. The van der Waals surface area contributed by atoms with E-state index in [0.29, 0.717) is 11.6 Å². The third-order valence-corrected chi connectivity index (χ3v) is 5.42. The molecule has 1 N–H and O–H groups in total. The Morgan fingerprint density at radius 2 is 1.74 bits per heavy atom. The highest BCUT2D eigenvalue weighted by molar-refractivity contribution is 7.89. The second kappa shape index (κ2) is 7.85. The van der Waals surface area contributed by atoms with Crippen molar-refractivity contribution < 1.29 is 17.7 Å². The lowest BCUT2D eigenvalue weighted by Gasteiger charge is -2.18. The molecule has 0 amide bonds. The van der Waals surface area contributed by atoms with Gasteiger partial charge in [-0.05, 0) is 42.3 Å². The molecule has 0 aliphatic rings. The molecule has 2 heterocycles. The summed E-state index contributed by atoms with van der Waals surface area (Å²) in [7, 11) is -2.26. The topological polar surface area (TPSA) is 107 Å². The monoisotopic (exact) mass is 388 g/mol. The van der Waals surface area contributed by atoms with E-state index >= 15 is 0 Å². The molecular formula is C18H20N4O4S. The molecule has 0 spiro atoms. The van der Waals surface area contributed by atoms with Crippen molar-refractivity contribution in [3.8, 4) is 17.1 Å². The molecule has 1 atom stereocenters. The SMILES string of the molecule is COc1ccc(S(=O)(=O)N[C@@H](c2nc(-c3ccncc3)no2)C(C)C)cc1. The maximum Gasteiger partial charge on any atom is 0.245 e. The quantitative estimate of drug-likeness (QED) is 0.663. The highest BCUT2D eigenvalue weighted by atomic mass is 32.2. The summed E-state index contributed by atoms with van der Waals surface area (Å²) < 4.78 is 38.5. The first-order valence-electron chi connectivity index (χ1n) is 8.31. The number of aromatic nitrogens is 3. The van der Waals surface area contributed by atoms with Crippen molar-refractivity contribution in [1.82, 2.24) is 19.8 Å². The second-order valence-corrected chi connectivity index (χ2v) is 7.92. The molecule has 27 heavy (non-hydrogen) atoms. The fourth-order valence-corrected chi connectivity index (χ4v) is 3.78. The van der Waals surface area contributed by atoms with Crippen molar-refractivity contribution in [2.45, 2.75) is 24.8 Å². The van der Waals surface area contributed by atoms with Crippen LogP contribution in [0.1, 0.15) is 25.8 Å². The van der Waals surface area contributed by atoms with E-state index in [1.165, 1.54) is 19.2 Å². The average Bonchev–Trinajstić information content (AvgIpc) is 3.16. The number of sulfonamides is 1. The van der Waals surface area contributed by atoms with Crippen molar-refractivity contribution in [2.75, 3.05) is 7.11 Å². The predicted molar refractivity (Wildman–Crippen MR) is 98.4 cm³/mol. The third kappa shape index (κ3) is 4.32. The molecule has 0 aliphatic heterocycles. The fourth-order valence-electron chi connectivity index (χ4n) is 2.44. The number of pyridine rings is 1. The number of rotatable bonds is 7. The maximum absolute atomic E-state index is 12.7. The lowest BCUT2D eigenvalue weighted by Crippen LogP contribution is -2.32. The van der Waals surface area contributed by atoms with Gasteiger partial charge < -0.3 is 9.26 Å². The summed E-state index contributed by atoms with van der Waals surface area (Å²) in [6.07, 6.45) is 3.25. The Labute approximate surface area is 157 Å². The van der Waals surface area contributed by atoms with E-state index in [0.717, 1.165) is 5.56 Å². The normalized spacial score (nSPS) is 12.9. The number of ether oxygens (including phenoxy) is 1. The molecule has 0 saturated heterocycles. The number of nitrogens with one attached hydrogen (secondary N) is 1. The van der Waals surface area contributed by atoms with E-state index in [4.69, 9.17) is 9.26 Å². The highest BCUT2D eigenvalue weighted by Gasteiger charge is 2.28. The lowest BCUT2D eigenvalue weighted by atomic mass is 10.1. The fraction of sp³-hybridized carbons (Fsp3) is 0.278. The van der Waals surface area contributed by atoms with Gasteiger partial charge in [-0.3, -0.25) is 4.98 Å². The average molecular weight is 388 g/mol. The van der Waals surface area contributed by atoms with Crippen LogP contribution in [0.5, 0.6) is 5.75 Å². The van der Waals surface area contributed by atoms with Gasteiger partial charge in [0.05, 0.1) is 12.0 Å². The summed E-state index contributed by atoms with van der Waals surface area (Å²) >= 11 is 0. The molecule has 0 radical (unpaired) electrons. The van der Waals surface area contributed by atoms with Crippen LogP contribution in [0.15, 0.2) is 58.2 Å². The van der Waals surface area contributed by atoms with Gasteiger partial charge in [0, 0.05) is 18.0 Å². The number of benzene rings is 1. The van der Waals surface area contributed by atoms with Crippen LogP contribution in [0.4, 0.5) is 0 Å². The number of hydrogen-bond acceptors (Lipinski definition) is 7. The van der Waals surface area contributed by atoms with Crippen molar-refractivity contribution in [3.05, 3.63) is 54.7 Å². The maximum atomic E-state index is 12.7. The number of hydrogen-bond donors (Lipinski definition) is 1. The Bertz CT molecular complexity index is 986. The molecule has 0 unspecified atom stereocenters. The van der Waals surface area contributed by atoms with Gasteiger partial charge in [-0.1, -0.05) is 19.0 Å². The van der Waals surface area contributed by atoms with Gasteiger partial charge in [0.15, 0.2) is 0 Å². The van der Waals surface area contributed by atoms with Gasteiger partial charge in [0.1, 0.15) is 11.8 Å². The number of methoxy groups -OCH3 is 1. The van der Waals surface area contributed by atoms with Crippen molar-refractivity contribution >= 4 is 10.0 Å². The Kier molecular flexibility index (Phi) is 5.52. The van der Waals surface area contributed by atoms with Crippen LogP contribution in [0, 0.1) is 5.92 Å². The van der Waals surface area contributed by atoms with Gasteiger partial charge in [-0.15, -0.1) is 0 Å². The first kappa shape index (κ1) is 19.0. The van der Waals surface area contributed by atoms with E-state index in [1.807, 2.05) is 13.8 Å². The van der Waals surface area contributed by atoms with Crippen LogP contribution in [-0.2, 0) is 10.0 Å². The lowest BCUT2D eigenvalue weighted by molar-refractivity contribution is 0.311. The van der Waals surface area contributed by atoms with Crippen molar-refractivity contribution in [1.29, 1.82) is 0 Å². The zero-order valence-electron chi connectivity index (χ0n) is 15.2. The summed E-state index contributed by atoms with van der Waals surface area (Å²) in [6, 6.07) is 8.98. The minimum Gasteiger partial charge on any atom is -0.497 e. The highest BCUT2D eigenvalue weighted by Crippen LogP contribution is 2.26. The Morgan fingerprint density at radius 1 is 1.07 bits per heavy atom. The largest absolute Gasteiger partial charge is 0.497 e. The molecule has 8 nitrogen and oxygen atoms in total. The molecular weight excluding hydrogens is 368 g/mol. The van der Waals surface area contributed by atoms with Gasteiger partial charge in [-0.2, -0.15) is 9.71 Å². The van der Waals surface area contributed by atoms with Crippen molar-refractivity contribution in [3.63, 3.8) is 0 Å². The summed E-state index contributed by atoms with van der Waals surface area (Å²) in [5.74, 6) is 1.05. The molecule has 1 aromatic carbocycles. The summed E-state index contributed by atoms with van der Waals surface area (Å²) in [6.45, 7) is 3.75. The Morgan fingerprint density at radius 3 is 2.33 bits per heavy atom. The molecule has 142 valence electrons. The summed E-state index contributed by atoms with van der Waals surface area (Å²) in [5, 5.41) is 3.95. The predicted octanol–water partition coefficient (Wildman–Crippen LogP) is 2.82. The van der Waals surface area contributed by atoms with Crippen LogP contribution in [0.2, 0.25) is 0 Å². The van der Waals surface area contributed by atoms with E-state index in [2.05, 4.69) is 19.8 Å². The minimum atomic E-state index is -3.78. The van der Waals surface area contributed by atoms with Crippen molar-refractivity contribution in [2.24, 2.45) is 5.92 Å². The molecule has 3 rings (SSSR count). The zero-order valence-corrected chi connectivity index (χ0v) is 16.0. The zero-order chi connectivity index (χ0) is 19.4. The van der Waals surface area contributed by atoms with Crippen LogP contribution >= 0.6 is 0 Å². The molecule has 3 aromatic rings. The second-order valence-electron chi connectivity index (χ2n) is 6.21. The Balaban J connectivity index is 1.86.